The van der Waals surface area contributed by atoms with E-state index in [2.05, 4.69) is 26.8 Å². The van der Waals surface area contributed by atoms with Crippen molar-refractivity contribution in [1.29, 1.82) is 0 Å². The number of aromatic amines is 1. The lowest BCUT2D eigenvalue weighted by molar-refractivity contribution is 0.931. The van der Waals surface area contributed by atoms with Gasteiger partial charge in [-0.1, -0.05) is 6.08 Å². The molecule has 0 aromatic carbocycles. The minimum atomic E-state index is 1.08. The molecule has 0 spiro atoms. The molecule has 13 heavy (non-hydrogen) atoms. The minimum Gasteiger partial charge on any atom is -0.338 e. The normalized spacial score (nSPS) is 16.8. The Kier molecular flexibility index (Phi) is 1.52. The summed E-state index contributed by atoms with van der Waals surface area (Å²) in [7, 11) is 0. The number of H-pyrrole nitrogens is 1. The highest BCUT2D eigenvalue weighted by Crippen LogP contribution is 2.27. The van der Waals surface area contributed by atoms with Gasteiger partial charge in [-0.25, -0.2) is 4.98 Å². The lowest BCUT2D eigenvalue weighted by atomic mass is 10.2. The first-order valence-electron chi connectivity index (χ1n) is 4.55. The Morgan fingerprint density at radius 3 is 3.15 bits per heavy atom. The average Bonchev–Trinajstić information content (AvgIpc) is 2.78. The molecule has 3 heteroatoms. The van der Waals surface area contributed by atoms with Crippen LogP contribution in [0.15, 0.2) is 16.8 Å². The Morgan fingerprint density at radius 2 is 2.38 bits per heavy atom. The fourth-order valence-electron chi connectivity index (χ4n) is 1.78. The van der Waals surface area contributed by atoms with E-state index in [1.54, 1.807) is 11.3 Å². The molecule has 0 amide bonds. The number of aromatic nitrogens is 2. The molecule has 0 bridgehead atoms. The predicted octanol–water partition coefficient (Wildman–Crippen LogP) is 3.19. The zero-order valence-corrected chi connectivity index (χ0v) is 8.03. The first-order chi connectivity index (χ1) is 6.43. The maximum Gasteiger partial charge on any atom is 0.134 e. The van der Waals surface area contributed by atoms with Gasteiger partial charge in [-0.15, -0.1) is 11.3 Å². The average molecular weight is 190 g/mol. The maximum atomic E-state index is 4.54. The van der Waals surface area contributed by atoms with E-state index in [-0.39, 0.29) is 0 Å². The molecule has 0 unspecified atom stereocenters. The molecule has 66 valence electrons. The fraction of sp³-hybridized carbons (Fsp3) is 0.300. The van der Waals surface area contributed by atoms with Gasteiger partial charge in [0.2, 0.25) is 0 Å². The Labute approximate surface area is 80.3 Å². The summed E-state index contributed by atoms with van der Waals surface area (Å²) in [4.78, 5) is 7.89. The van der Waals surface area contributed by atoms with Crippen molar-refractivity contribution in [3.63, 3.8) is 0 Å². The first-order valence-corrected chi connectivity index (χ1v) is 5.49. The smallest absolute Gasteiger partial charge is 0.134 e. The van der Waals surface area contributed by atoms with Gasteiger partial charge in [0.25, 0.3) is 0 Å². The van der Waals surface area contributed by atoms with Crippen molar-refractivity contribution in [2.75, 3.05) is 0 Å². The Balaban J connectivity index is 2.12. The molecule has 1 aliphatic carbocycles. The van der Waals surface area contributed by atoms with Gasteiger partial charge >= 0.3 is 0 Å². The highest BCUT2D eigenvalue weighted by atomic mass is 32.1. The zero-order valence-electron chi connectivity index (χ0n) is 7.21. The van der Waals surface area contributed by atoms with Crippen molar-refractivity contribution in [3.05, 3.63) is 22.7 Å². The third kappa shape index (κ3) is 1.11. The Morgan fingerprint density at radius 1 is 1.38 bits per heavy atom. The number of thiophene rings is 1. The molecule has 2 heterocycles. The molecule has 0 radical (unpaired) electrons. The van der Waals surface area contributed by atoms with Crippen LogP contribution in [0.4, 0.5) is 0 Å². The number of nitrogens with one attached hydrogen (secondary N) is 1. The summed E-state index contributed by atoms with van der Waals surface area (Å²) in [6, 6.07) is 0. The van der Waals surface area contributed by atoms with E-state index in [4.69, 9.17) is 0 Å². The van der Waals surface area contributed by atoms with Crippen molar-refractivity contribution < 1.29 is 0 Å². The molecular weight excluding hydrogens is 180 g/mol. The van der Waals surface area contributed by atoms with E-state index in [1.807, 2.05) is 0 Å². The number of fused-ring (bicyclic) bond motifs is 1. The fourth-order valence-corrected chi connectivity index (χ4v) is 2.48. The summed E-state index contributed by atoms with van der Waals surface area (Å²) in [6.45, 7) is 0. The molecule has 1 aliphatic rings. The van der Waals surface area contributed by atoms with Crippen molar-refractivity contribution in [2.45, 2.75) is 19.3 Å². The maximum absolute atomic E-state index is 4.54. The topological polar surface area (TPSA) is 28.7 Å². The largest absolute Gasteiger partial charge is 0.338 e. The summed E-state index contributed by atoms with van der Waals surface area (Å²) >= 11 is 1.70. The van der Waals surface area contributed by atoms with Crippen molar-refractivity contribution >= 4 is 27.9 Å². The standard InChI is InChI=1S/C10H10N2S/c1-2-4-7(3-1)10-11-8-5-13-6-9(8)12-10/h3,5-6H,1-2,4H2,(H,11,12). The van der Waals surface area contributed by atoms with Gasteiger partial charge in [-0.3, -0.25) is 0 Å². The molecule has 3 rings (SSSR count). The van der Waals surface area contributed by atoms with Gasteiger partial charge < -0.3 is 4.98 Å². The summed E-state index contributed by atoms with van der Waals surface area (Å²) in [5.41, 5.74) is 3.67. The summed E-state index contributed by atoms with van der Waals surface area (Å²) in [6.07, 6.45) is 5.96. The third-order valence-electron chi connectivity index (χ3n) is 2.47. The molecule has 0 atom stereocenters. The lowest BCUT2D eigenvalue weighted by Gasteiger charge is -1.93. The summed E-state index contributed by atoms with van der Waals surface area (Å²) < 4.78 is 0. The molecular formula is C10H10N2S. The van der Waals surface area contributed by atoms with E-state index in [1.165, 1.54) is 30.4 Å². The predicted molar refractivity (Wildman–Crippen MR) is 55.8 cm³/mol. The van der Waals surface area contributed by atoms with Gasteiger partial charge in [0.15, 0.2) is 0 Å². The van der Waals surface area contributed by atoms with Crippen LogP contribution < -0.4 is 0 Å². The van der Waals surface area contributed by atoms with Crippen LogP contribution in [0, 0.1) is 0 Å². The van der Waals surface area contributed by atoms with Crippen molar-refractivity contribution in [1.82, 2.24) is 9.97 Å². The van der Waals surface area contributed by atoms with Crippen molar-refractivity contribution in [2.24, 2.45) is 0 Å². The Bertz CT molecular complexity index is 435. The second-order valence-electron chi connectivity index (χ2n) is 3.38. The molecule has 0 fully saturated rings. The second-order valence-corrected chi connectivity index (χ2v) is 4.12. The van der Waals surface area contributed by atoms with Crippen LogP contribution in [0.1, 0.15) is 25.1 Å². The zero-order chi connectivity index (χ0) is 8.67. The lowest BCUT2D eigenvalue weighted by Crippen LogP contribution is -1.82. The van der Waals surface area contributed by atoms with E-state index in [9.17, 15) is 0 Å². The van der Waals surface area contributed by atoms with Crippen LogP contribution in [0.2, 0.25) is 0 Å². The van der Waals surface area contributed by atoms with Crippen LogP contribution in [-0.2, 0) is 0 Å². The summed E-state index contributed by atoms with van der Waals surface area (Å²) in [5.74, 6) is 1.08. The molecule has 2 aromatic heterocycles. The minimum absolute atomic E-state index is 1.08. The monoisotopic (exact) mass is 190 g/mol. The SMILES string of the molecule is C1=C(c2nc3cscc3[nH]2)CCC1. The molecule has 2 aromatic rings. The van der Waals surface area contributed by atoms with Crippen LogP contribution in [0.3, 0.4) is 0 Å². The number of allylic oxidation sites excluding steroid dienone is 2. The first kappa shape index (κ1) is 7.33. The van der Waals surface area contributed by atoms with Crippen LogP contribution in [0.25, 0.3) is 16.6 Å². The third-order valence-corrected chi connectivity index (χ3v) is 3.20. The second kappa shape index (κ2) is 2.70. The van der Waals surface area contributed by atoms with Crippen molar-refractivity contribution in [3.8, 4) is 0 Å². The van der Waals surface area contributed by atoms with E-state index in [0.29, 0.717) is 0 Å². The van der Waals surface area contributed by atoms with E-state index >= 15 is 0 Å². The van der Waals surface area contributed by atoms with Gasteiger partial charge in [-0.05, 0) is 24.8 Å². The number of hydrogen-bond acceptors (Lipinski definition) is 2. The quantitative estimate of drug-likeness (QED) is 0.735. The van der Waals surface area contributed by atoms with Gasteiger partial charge in [-0.2, -0.15) is 0 Å². The van der Waals surface area contributed by atoms with Crippen LogP contribution >= 0.6 is 11.3 Å². The molecule has 0 saturated heterocycles. The molecule has 0 aliphatic heterocycles. The van der Waals surface area contributed by atoms with Crippen LogP contribution in [-0.4, -0.2) is 9.97 Å². The van der Waals surface area contributed by atoms with Gasteiger partial charge in [0.05, 0.1) is 11.0 Å². The molecule has 0 saturated carbocycles. The van der Waals surface area contributed by atoms with E-state index < -0.39 is 0 Å². The highest BCUT2D eigenvalue weighted by molar-refractivity contribution is 7.09. The summed E-state index contributed by atoms with van der Waals surface area (Å²) in [5, 5.41) is 4.20. The number of nitrogens with zero attached hydrogens (tertiary/aromatic N) is 1. The molecule has 1 N–H and O–H groups in total. The molecule has 2 nitrogen and oxygen atoms in total. The highest BCUT2D eigenvalue weighted by Gasteiger charge is 2.11. The van der Waals surface area contributed by atoms with Gasteiger partial charge in [0.1, 0.15) is 5.82 Å². The van der Waals surface area contributed by atoms with E-state index in [0.717, 1.165) is 11.3 Å². The van der Waals surface area contributed by atoms with Gasteiger partial charge in [0, 0.05) is 10.8 Å². The number of imidazole rings is 1. The number of hydrogen-bond donors (Lipinski definition) is 1. The Hall–Kier alpha value is -1.09. The van der Waals surface area contributed by atoms with Crippen LogP contribution in [0.5, 0.6) is 0 Å². The number of rotatable bonds is 1.